The van der Waals surface area contributed by atoms with Crippen molar-refractivity contribution >= 4 is 23.5 Å². The topological polar surface area (TPSA) is 104 Å². The molecule has 2 heterocycles. The van der Waals surface area contributed by atoms with Gasteiger partial charge in [0.15, 0.2) is 5.82 Å². The summed E-state index contributed by atoms with van der Waals surface area (Å²) < 4.78 is 0. The van der Waals surface area contributed by atoms with Crippen molar-refractivity contribution < 1.29 is 14.4 Å². The maximum absolute atomic E-state index is 12.7. The van der Waals surface area contributed by atoms with Gasteiger partial charge in [0.1, 0.15) is 5.54 Å². The van der Waals surface area contributed by atoms with Crippen LogP contribution in [0, 0.1) is 0 Å². The number of hydrogen-bond acceptors (Lipinski definition) is 5. The average molecular weight is 393 g/mol. The molecule has 0 atom stereocenters. The summed E-state index contributed by atoms with van der Waals surface area (Å²) in [4.78, 5) is 46.9. The van der Waals surface area contributed by atoms with Crippen LogP contribution in [0.2, 0.25) is 0 Å². The summed E-state index contributed by atoms with van der Waals surface area (Å²) in [5.41, 5.74) is 0.601. The van der Waals surface area contributed by atoms with Crippen LogP contribution in [-0.4, -0.2) is 44.8 Å². The van der Waals surface area contributed by atoms with Gasteiger partial charge in [0.2, 0.25) is 5.91 Å². The number of anilines is 1. The SMILES string of the molecule is O=C(CCN1C(=O)NC2(CCCCC2)C1=O)Nc1cnc(-c2ccccc2)nc1. The van der Waals surface area contributed by atoms with Crippen LogP contribution in [-0.2, 0) is 9.59 Å². The fourth-order valence-corrected chi connectivity index (χ4v) is 3.94. The molecule has 4 rings (SSSR count). The quantitative estimate of drug-likeness (QED) is 0.760. The van der Waals surface area contributed by atoms with E-state index < -0.39 is 11.6 Å². The second kappa shape index (κ2) is 7.98. The molecule has 2 N–H and O–H groups in total. The van der Waals surface area contributed by atoms with Gasteiger partial charge in [-0.25, -0.2) is 14.8 Å². The lowest BCUT2D eigenvalue weighted by atomic mass is 9.82. The second-order valence-electron chi connectivity index (χ2n) is 7.49. The summed E-state index contributed by atoms with van der Waals surface area (Å²) in [6.07, 6.45) is 7.39. The maximum Gasteiger partial charge on any atom is 0.325 e. The van der Waals surface area contributed by atoms with Gasteiger partial charge in [-0.2, -0.15) is 0 Å². The van der Waals surface area contributed by atoms with Crippen LogP contribution in [0.15, 0.2) is 42.7 Å². The summed E-state index contributed by atoms with van der Waals surface area (Å²) in [6.45, 7) is 0.0568. The van der Waals surface area contributed by atoms with E-state index >= 15 is 0 Å². The normalized spacial score (nSPS) is 18.0. The molecule has 1 saturated heterocycles. The van der Waals surface area contributed by atoms with E-state index in [1.54, 1.807) is 0 Å². The molecule has 1 spiro atoms. The zero-order valence-electron chi connectivity index (χ0n) is 16.1. The lowest BCUT2D eigenvalue weighted by Gasteiger charge is -2.30. The molecule has 2 aliphatic rings. The highest BCUT2D eigenvalue weighted by molar-refractivity contribution is 6.07. The number of carbonyl (C=O) groups excluding carboxylic acids is 3. The molecule has 150 valence electrons. The van der Waals surface area contributed by atoms with E-state index in [4.69, 9.17) is 0 Å². The Balaban J connectivity index is 1.32. The Bertz CT molecular complexity index is 908. The highest BCUT2D eigenvalue weighted by Crippen LogP contribution is 2.33. The first kappa shape index (κ1) is 19.0. The molecule has 0 radical (unpaired) electrons. The highest BCUT2D eigenvalue weighted by Gasteiger charge is 2.51. The number of benzene rings is 1. The Labute approximate surface area is 168 Å². The number of urea groups is 1. The van der Waals surface area contributed by atoms with Crippen LogP contribution in [0.5, 0.6) is 0 Å². The fourth-order valence-electron chi connectivity index (χ4n) is 3.94. The summed E-state index contributed by atoms with van der Waals surface area (Å²) in [5.74, 6) is 0.0671. The molecule has 0 bridgehead atoms. The summed E-state index contributed by atoms with van der Waals surface area (Å²) in [6, 6.07) is 9.14. The Kier molecular flexibility index (Phi) is 5.24. The molecule has 2 aromatic rings. The standard InChI is InChI=1S/C21H23N5O3/c27-17(24-16-13-22-18(23-14-16)15-7-3-1-4-8-15)9-12-26-19(28)21(25-20(26)29)10-5-2-6-11-21/h1,3-4,7-8,13-14H,2,5-6,9-12H2,(H,24,27)(H,25,29). The summed E-state index contributed by atoms with van der Waals surface area (Å²) in [5, 5.41) is 5.56. The summed E-state index contributed by atoms with van der Waals surface area (Å²) in [7, 11) is 0. The minimum Gasteiger partial charge on any atom is -0.323 e. The Morgan fingerprint density at radius 1 is 1.07 bits per heavy atom. The van der Waals surface area contributed by atoms with Gasteiger partial charge in [-0.3, -0.25) is 14.5 Å². The third-order valence-corrected chi connectivity index (χ3v) is 5.48. The van der Waals surface area contributed by atoms with Gasteiger partial charge in [-0.05, 0) is 12.8 Å². The number of aromatic nitrogens is 2. The monoisotopic (exact) mass is 393 g/mol. The van der Waals surface area contributed by atoms with Crippen molar-refractivity contribution in [2.75, 3.05) is 11.9 Å². The van der Waals surface area contributed by atoms with Crippen molar-refractivity contribution in [1.29, 1.82) is 0 Å². The third kappa shape index (κ3) is 3.96. The summed E-state index contributed by atoms with van der Waals surface area (Å²) >= 11 is 0. The number of nitrogens with zero attached hydrogens (tertiary/aromatic N) is 3. The molecule has 8 heteroatoms. The molecule has 1 aromatic heterocycles. The van der Waals surface area contributed by atoms with Crippen LogP contribution in [0.1, 0.15) is 38.5 Å². The molecule has 4 amide bonds. The van der Waals surface area contributed by atoms with Gasteiger partial charge in [-0.15, -0.1) is 0 Å². The van der Waals surface area contributed by atoms with Crippen molar-refractivity contribution in [2.45, 2.75) is 44.1 Å². The predicted molar refractivity (Wildman–Crippen MR) is 107 cm³/mol. The fraction of sp³-hybridized carbons (Fsp3) is 0.381. The molecule has 8 nitrogen and oxygen atoms in total. The van der Waals surface area contributed by atoms with E-state index in [2.05, 4.69) is 20.6 Å². The van der Waals surface area contributed by atoms with E-state index in [-0.39, 0.29) is 24.8 Å². The van der Waals surface area contributed by atoms with E-state index in [1.807, 2.05) is 30.3 Å². The third-order valence-electron chi connectivity index (χ3n) is 5.48. The van der Waals surface area contributed by atoms with Gasteiger partial charge < -0.3 is 10.6 Å². The first-order chi connectivity index (χ1) is 14.1. The minimum absolute atomic E-state index is 0.0235. The number of nitrogens with one attached hydrogen (secondary N) is 2. The van der Waals surface area contributed by atoms with Gasteiger partial charge in [0.25, 0.3) is 5.91 Å². The first-order valence-electron chi connectivity index (χ1n) is 9.89. The Morgan fingerprint density at radius 2 is 1.76 bits per heavy atom. The molecular formula is C21H23N5O3. The zero-order valence-corrected chi connectivity index (χ0v) is 16.1. The first-order valence-corrected chi connectivity index (χ1v) is 9.89. The van der Waals surface area contributed by atoms with Crippen LogP contribution in [0.4, 0.5) is 10.5 Å². The average Bonchev–Trinajstić information content (AvgIpc) is 2.97. The Hall–Kier alpha value is -3.29. The molecule has 1 aliphatic heterocycles. The zero-order chi connectivity index (χ0) is 20.3. The lowest BCUT2D eigenvalue weighted by Crippen LogP contribution is -2.48. The molecule has 2 fully saturated rings. The molecular weight excluding hydrogens is 370 g/mol. The number of hydrogen-bond donors (Lipinski definition) is 2. The van der Waals surface area contributed by atoms with Gasteiger partial charge in [0, 0.05) is 18.5 Å². The predicted octanol–water partition coefficient (Wildman–Crippen LogP) is 2.73. The Morgan fingerprint density at radius 3 is 2.45 bits per heavy atom. The minimum atomic E-state index is -0.757. The maximum atomic E-state index is 12.7. The van der Waals surface area contributed by atoms with Crippen molar-refractivity contribution in [3.05, 3.63) is 42.7 Å². The van der Waals surface area contributed by atoms with E-state index in [9.17, 15) is 14.4 Å². The van der Waals surface area contributed by atoms with E-state index in [1.165, 1.54) is 17.3 Å². The lowest BCUT2D eigenvalue weighted by molar-refractivity contribution is -0.132. The van der Waals surface area contributed by atoms with Crippen LogP contribution in [0.3, 0.4) is 0 Å². The van der Waals surface area contributed by atoms with Gasteiger partial charge in [-0.1, -0.05) is 49.6 Å². The molecule has 1 aromatic carbocycles. The smallest absolute Gasteiger partial charge is 0.323 e. The number of imide groups is 1. The molecule has 29 heavy (non-hydrogen) atoms. The highest BCUT2D eigenvalue weighted by atomic mass is 16.2. The van der Waals surface area contributed by atoms with Crippen LogP contribution < -0.4 is 10.6 Å². The largest absolute Gasteiger partial charge is 0.325 e. The van der Waals surface area contributed by atoms with Crippen molar-refractivity contribution in [2.24, 2.45) is 0 Å². The van der Waals surface area contributed by atoms with Crippen molar-refractivity contribution in [3.8, 4) is 11.4 Å². The van der Waals surface area contributed by atoms with Crippen molar-refractivity contribution in [1.82, 2.24) is 20.2 Å². The number of rotatable bonds is 5. The molecule has 1 saturated carbocycles. The van der Waals surface area contributed by atoms with Crippen molar-refractivity contribution in [3.63, 3.8) is 0 Å². The van der Waals surface area contributed by atoms with Gasteiger partial charge in [0.05, 0.1) is 18.1 Å². The molecule has 0 unspecified atom stereocenters. The van der Waals surface area contributed by atoms with Gasteiger partial charge >= 0.3 is 6.03 Å². The molecule has 1 aliphatic carbocycles. The van der Waals surface area contributed by atoms with Crippen LogP contribution in [0.25, 0.3) is 11.4 Å². The van der Waals surface area contributed by atoms with E-state index in [0.29, 0.717) is 24.4 Å². The number of amides is 4. The van der Waals surface area contributed by atoms with E-state index in [0.717, 1.165) is 24.8 Å². The second-order valence-corrected chi connectivity index (χ2v) is 7.49. The van der Waals surface area contributed by atoms with Crippen LogP contribution >= 0.6 is 0 Å². The number of carbonyl (C=O) groups is 3.